The number of nitrogens with zero attached hydrogens (tertiary/aromatic N) is 1. The van der Waals surface area contributed by atoms with E-state index in [1.165, 1.54) is 32.7 Å². The Balaban J connectivity index is 1.88. The summed E-state index contributed by atoms with van der Waals surface area (Å²) in [6.07, 6.45) is 0. The van der Waals surface area contributed by atoms with Crippen LogP contribution in [0.5, 0.6) is 17.2 Å². The van der Waals surface area contributed by atoms with Crippen molar-refractivity contribution in [1.82, 2.24) is 4.98 Å². The molecule has 28 heavy (non-hydrogen) atoms. The van der Waals surface area contributed by atoms with Crippen LogP contribution in [0.2, 0.25) is 0 Å². The van der Waals surface area contributed by atoms with Gasteiger partial charge in [0.25, 0.3) is 5.91 Å². The molecular weight excluding hydrogens is 376 g/mol. The molecule has 1 amide bonds. The van der Waals surface area contributed by atoms with Crippen molar-refractivity contribution >= 4 is 22.4 Å². The zero-order valence-electron chi connectivity index (χ0n) is 16.5. The number of carbonyl (C=O) groups is 1. The molecule has 2 aromatic carbocycles. The second-order valence-corrected chi connectivity index (χ2v) is 7.08. The van der Waals surface area contributed by atoms with Gasteiger partial charge in [-0.1, -0.05) is 17.7 Å². The number of benzene rings is 2. The molecule has 0 radical (unpaired) electrons. The maximum absolute atomic E-state index is 12.8. The van der Waals surface area contributed by atoms with Gasteiger partial charge < -0.3 is 14.2 Å². The fourth-order valence-electron chi connectivity index (χ4n) is 2.84. The number of nitrogens with one attached hydrogen (secondary N) is 1. The molecule has 146 valence electrons. The van der Waals surface area contributed by atoms with E-state index < -0.39 is 0 Å². The van der Waals surface area contributed by atoms with Crippen LogP contribution in [0.4, 0.5) is 5.13 Å². The molecule has 0 bridgehead atoms. The molecule has 1 aromatic heterocycles. The van der Waals surface area contributed by atoms with Crippen LogP contribution >= 0.6 is 11.3 Å². The van der Waals surface area contributed by atoms with Gasteiger partial charge in [-0.15, -0.1) is 11.3 Å². The van der Waals surface area contributed by atoms with E-state index in [1.54, 1.807) is 12.1 Å². The molecule has 3 rings (SSSR count). The van der Waals surface area contributed by atoms with Crippen LogP contribution in [0.1, 0.15) is 21.5 Å². The van der Waals surface area contributed by atoms with Crippen molar-refractivity contribution in [3.8, 4) is 28.5 Å². The van der Waals surface area contributed by atoms with Crippen molar-refractivity contribution in [3.05, 3.63) is 52.4 Å². The number of aromatic nitrogens is 1. The molecule has 0 unspecified atom stereocenters. The lowest BCUT2D eigenvalue weighted by atomic mass is 10.0. The fourth-order valence-corrected chi connectivity index (χ4v) is 3.54. The summed E-state index contributed by atoms with van der Waals surface area (Å²) >= 11 is 1.37. The number of carbonyl (C=O) groups excluding carboxylic acids is 1. The maximum atomic E-state index is 12.8. The fraction of sp³-hybridized carbons (Fsp3) is 0.238. The average Bonchev–Trinajstić information content (AvgIpc) is 3.16. The Morgan fingerprint density at radius 1 is 0.964 bits per heavy atom. The Kier molecular flexibility index (Phi) is 5.84. The van der Waals surface area contributed by atoms with Crippen molar-refractivity contribution in [3.63, 3.8) is 0 Å². The number of anilines is 1. The summed E-state index contributed by atoms with van der Waals surface area (Å²) in [7, 11) is 4.55. The molecule has 0 saturated carbocycles. The molecule has 0 aliphatic rings. The topological polar surface area (TPSA) is 69.7 Å². The molecule has 1 N–H and O–H groups in total. The molecule has 1 heterocycles. The SMILES string of the molecule is COc1cc(OC)c(C(=O)Nc2nc(-c3cc(C)ccc3C)cs2)cc1OC. The highest BCUT2D eigenvalue weighted by Gasteiger charge is 2.19. The van der Waals surface area contributed by atoms with E-state index in [-0.39, 0.29) is 5.91 Å². The predicted molar refractivity (Wildman–Crippen MR) is 111 cm³/mol. The van der Waals surface area contributed by atoms with E-state index >= 15 is 0 Å². The summed E-state index contributed by atoms with van der Waals surface area (Å²) < 4.78 is 15.9. The van der Waals surface area contributed by atoms with Gasteiger partial charge in [-0.2, -0.15) is 0 Å². The lowest BCUT2D eigenvalue weighted by Gasteiger charge is -2.13. The first kappa shape index (κ1) is 19.7. The predicted octanol–water partition coefficient (Wildman–Crippen LogP) is 4.71. The number of aryl methyl sites for hydroxylation is 2. The standard InChI is InChI=1S/C21H22N2O4S/c1-12-6-7-13(2)14(8-12)16-11-28-21(22-16)23-20(24)15-9-18(26-4)19(27-5)10-17(15)25-3/h6-11H,1-5H3,(H,22,23,24). The summed E-state index contributed by atoms with van der Waals surface area (Å²) in [5.74, 6) is 0.993. The van der Waals surface area contributed by atoms with E-state index in [2.05, 4.69) is 28.5 Å². The van der Waals surface area contributed by atoms with E-state index in [4.69, 9.17) is 14.2 Å². The molecule has 7 heteroatoms. The molecule has 0 saturated heterocycles. The third-order valence-electron chi connectivity index (χ3n) is 4.34. The number of hydrogen-bond acceptors (Lipinski definition) is 6. The molecule has 0 fully saturated rings. The second-order valence-electron chi connectivity index (χ2n) is 6.22. The second kappa shape index (κ2) is 8.31. The van der Waals surface area contributed by atoms with Crippen LogP contribution in [0.15, 0.2) is 35.7 Å². The molecule has 6 nitrogen and oxygen atoms in total. The third kappa shape index (κ3) is 3.94. The smallest absolute Gasteiger partial charge is 0.261 e. The van der Waals surface area contributed by atoms with E-state index in [0.29, 0.717) is 27.9 Å². The van der Waals surface area contributed by atoms with E-state index in [9.17, 15) is 4.79 Å². The van der Waals surface area contributed by atoms with Gasteiger partial charge in [-0.25, -0.2) is 4.98 Å². The van der Waals surface area contributed by atoms with Gasteiger partial charge in [0.05, 0.1) is 32.6 Å². The largest absolute Gasteiger partial charge is 0.496 e. The molecule has 0 atom stereocenters. The first-order chi connectivity index (χ1) is 13.5. The zero-order chi connectivity index (χ0) is 20.3. The highest BCUT2D eigenvalue weighted by atomic mass is 32.1. The number of ether oxygens (including phenoxy) is 3. The highest BCUT2D eigenvalue weighted by molar-refractivity contribution is 7.14. The molecule has 0 aliphatic carbocycles. The van der Waals surface area contributed by atoms with Crippen molar-refractivity contribution in [2.75, 3.05) is 26.6 Å². The monoisotopic (exact) mass is 398 g/mol. The Morgan fingerprint density at radius 3 is 2.32 bits per heavy atom. The third-order valence-corrected chi connectivity index (χ3v) is 5.10. The minimum Gasteiger partial charge on any atom is -0.496 e. The van der Waals surface area contributed by atoms with Crippen molar-refractivity contribution in [2.24, 2.45) is 0 Å². The van der Waals surface area contributed by atoms with Gasteiger partial charge >= 0.3 is 0 Å². The van der Waals surface area contributed by atoms with Crippen LogP contribution in [-0.4, -0.2) is 32.2 Å². The summed E-state index contributed by atoms with van der Waals surface area (Å²) in [6, 6.07) is 9.44. The van der Waals surface area contributed by atoms with Crippen molar-refractivity contribution in [2.45, 2.75) is 13.8 Å². The van der Waals surface area contributed by atoms with Gasteiger partial charge in [0.2, 0.25) is 0 Å². The van der Waals surface area contributed by atoms with Gasteiger partial charge in [-0.3, -0.25) is 10.1 Å². The summed E-state index contributed by atoms with van der Waals surface area (Å²) in [5.41, 5.74) is 4.52. The minimum atomic E-state index is -0.334. The van der Waals surface area contributed by atoms with Gasteiger partial charge in [0.1, 0.15) is 5.75 Å². The summed E-state index contributed by atoms with van der Waals surface area (Å²) in [5, 5.41) is 5.28. The number of methoxy groups -OCH3 is 3. The molecule has 0 aliphatic heterocycles. The first-order valence-electron chi connectivity index (χ1n) is 8.61. The van der Waals surface area contributed by atoms with Gasteiger partial charge in [0, 0.05) is 23.1 Å². The number of rotatable bonds is 6. The molecule has 3 aromatic rings. The van der Waals surface area contributed by atoms with Gasteiger partial charge in [-0.05, 0) is 25.5 Å². The van der Waals surface area contributed by atoms with Crippen LogP contribution in [0.3, 0.4) is 0 Å². The minimum absolute atomic E-state index is 0.334. The summed E-state index contributed by atoms with van der Waals surface area (Å²) in [6.45, 7) is 4.09. The van der Waals surface area contributed by atoms with Crippen LogP contribution in [-0.2, 0) is 0 Å². The van der Waals surface area contributed by atoms with Gasteiger partial charge in [0.15, 0.2) is 16.6 Å². The van der Waals surface area contributed by atoms with Crippen molar-refractivity contribution < 1.29 is 19.0 Å². The highest BCUT2D eigenvalue weighted by Crippen LogP contribution is 2.35. The van der Waals surface area contributed by atoms with Crippen LogP contribution in [0.25, 0.3) is 11.3 Å². The first-order valence-corrected chi connectivity index (χ1v) is 9.49. The molecular formula is C21H22N2O4S. The van der Waals surface area contributed by atoms with Crippen molar-refractivity contribution in [1.29, 1.82) is 0 Å². The normalized spacial score (nSPS) is 10.5. The zero-order valence-corrected chi connectivity index (χ0v) is 17.3. The summed E-state index contributed by atoms with van der Waals surface area (Å²) in [4.78, 5) is 17.4. The van der Waals surface area contributed by atoms with E-state index in [1.807, 2.05) is 19.2 Å². The Morgan fingerprint density at radius 2 is 1.64 bits per heavy atom. The average molecular weight is 398 g/mol. The number of amides is 1. The lowest BCUT2D eigenvalue weighted by molar-refractivity contribution is 0.102. The Labute approximate surface area is 168 Å². The maximum Gasteiger partial charge on any atom is 0.261 e. The quantitative estimate of drug-likeness (QED) is 0.651. The van der Waals surface area contributed by atoms with Crippen LogP contribution in [0, 0.1) is 13.8 Å². The van der Waals surface area contributed by atoms with E-state index in [0.717, 1.165) is 22.4 Å². The Hall–Kier alpha value is -3.06. The molecule has 0 spiro atoms. The lowest BCUT2D eigenvalue weighted by Crippen LogP contribution is -2.13. The number of hydrogen-bond donors (Lipinski definition) is 1. The number of thiazole rings is 1. The van der Waals surface area contributed by atoms with Crippen LogP contribution < -0.4 is 19.5 Å². The Bertz CT molecular complexity index is 1010.